The van der Waals surface area contributed by atoms with Gasteiger partial charge in [-0.1, -0.05) is 36.7 Å². The van der Waals surface area contributed by atoms with Crippen molar-refractivity contribution >= 4 is 11.6 Å². The maximum absolute atomic E-state index is 6.06. The van der Waals surface area contributed by atoms with Crippen LogP contribution in [0.5, 0.6) is 11.5 Å². The Labute approximate surface area is 130 Å². The number of halogens is 1. The first-order valence-electron chi connectivity index (χ1n) is 6.98. The van der Waals surface area contributed by atoms with E-state index in [9.17, 15) is 0 Å². The van der Waals surface area contributed by atoms with Crippen molar-refractivity contribution in [1.82, 2.24) is 5.32 Å². The fourth-order valence-electron chi connectivity index (χ4n) is 2.06. The Balaban J connectivity index is 2.12. The normalized spacial score (nSPS) is 10.4. The minimum absolute atomic E-state index is 0.463. The van der Waals surface area contributed by atoms with Crippen LogP contribution in [0.2, 0.25) is 5.02 Å². The third kappa shape index (κ3) is 4.38. The number of rotatable bonds is 7. The molecule has 0 amide bonds. The lowest BCUT2D eigenvalue weighted by molar-refractivity contribution is 0.293. The molecule has 0 atom stereocenters. The SMILES string of the molecule is CCNCc1cc(Cl)ccc1OCc1ccccc1OC. The summed E-state index contributed by atoms with van der Waals surface area (Å²) in [6, 6.07) is 13.5. The molecular weight excluding hydrogens is 286 g/mol. The zero-order chi connectivity index (χ0) is 15.1. The van der Waals surface area contributed by atoms with Gasteiger partial charge in [0.05, 0.1) is 7.11 Å². The predicted octanol–water partition coefficient (Wildman–Crippen LogP) is 4.04. The zero-order valence-corrected chi connectivity index (χ0v) is 13.1. The lowest BCUT2D eigenvalue weighted by atomic mass is 10.2. The van der Waals surface area contributed by atoms with Crippen molar-refractivity contribution in [3.63, 3.8) is 0 Å². The summed E-state index contributed by atoms with van der Waals surface area (Å²) >= 11 is 6.06. The van der Waals surface area contributed by atoms with Gasteiger partial charge >= 0.3 is 0 Å². The van der Waals surface area contributed by atoms with Crippen molar-refractivity contribution in [2.75, 3.05) is 13.7 Å². The minimum Gasteiger partial charge on any atom is -0.496 e. The second-order valence-corrected chi connectivity index (χ2v) is 5.07. The third-order valence-electron chi connectivity index (χ3n) is 3.16. The molecule has 4 heteroatoms. The van der Waals surface area contributed by atoms with Crippen LogP contribution in [0.25, 0.3) is 0 Å². The molecule has 0 aromatic heterocycles. The second-order valence-electron chi connectivity index (χ2n) is 4.63. The minimum atomic E-state index is 0.463. The van der Waals surface area contributed by atoms with Crippen molar-refractivity contribution in [2.24, 2.45) is 0 Å². The second kappa shape index (κ2) is 7.91. The van der Waals surface area contributed by atoms with Crippen LogP contribution < -0.4 is 14.8 Å². The smallest absolute Gasteiger partial charge is 0.125 e. The standard InChI is InChI=1S/C17H20ClNO2/c1-3-19-11-14-10-15(18)8-9-17(14)21-12-13-6-4-5-7-16(13)20-2/h4-10,19H,3,11-12H2,1-2H3. The molecule has 0 spiro atoms. The van der Waals surface area contributed by atoms with Crippen LogP contribution in [-0.4, -0.2) is 13.7 Å². The highest BCUT2D eigenvalue weighted by Gasteiger charge is 2.07. The number of benzene rings is 2. The maximum atomic E-state index is 6.06. The van der Waals surface area contributed by atoms with Gasteiger partial charge in [-0.3, -0.25) is 0 Å². The average molecular weight is 306 g/mol. The average Bonchev–Trinajstić information content (AvgIpc) is 2.52. The fraction of sp³-hybridized carbons (Fsp3) is 0.294. The van der Waals surface area contributed by atoms with E-state index < -0.39 is 0 Å². The molecule has 0 saturated heterocycles. The number of methoxy groups -OCH3 is 1. The van der Waals surface area contributed by atoms with Crippen molar-refractivity contribution in [2.45, 2.75) is 20.1 Å². The van der Waals surface area contributed by atoms with Gasteiger partial charge in [-0.05, 0) is 30.8 Å². The van der Waals surface area contributed by atoms with Gasteiger partial charge in [0.15, 0.2) is 0 Å². The first-order valence-corrected chi connectivity index (χ1v) is 7.36. The van der Waals surface area contributed by atoms with Crippen molar-refractivity contribution in [3.05, 3.63) is 58.6 Å². The van der Waals surface area contributed by atoms with Crippen LogP contribution >= 0.6 is 11.6 Å². The quantitative estimate of drug-likeness (QED) is 0.837. The number of hydrogen-bond acceptors (Lipinski definition) is 3. The van der Waals surface area contributed by atoms with Gasteiger partial charge < -0.3 is 14.8 Å². The van der Waals surface area contributed by atoms with Crippen LogP contribution in [0.3, 0.4) is 0 Å². The molecule has 2 rings (SSSR count). The van der Waals surface area contributed by atoms with E-state index in [1.165, 1.54) is 0 Å². The summed E-state index contributed by atoms with van der Waals surface area (Å²) in [6.45, 7) is 4.17. The van der Waals surface area contributed by atoms with E-state index in [1.54, 1.807) is 7.11 Å². The van der Waals surface area contributed by atoms with Gasteiger partial charge in [0.1, 0.15) is 18.1 Å². The van der Waals surface area contributed by atoms with Crippen LogP contribution in [0.1, 0.15) is 18.1 Å². The summed E-state index contributed by atoms with van der Waals surface area (Å²) in [4.78, 5) is 0. The Morgan fingerprint density at radius 3 is 2.62 bits per heavy atom. The van der Waals surface area contributed by atoms with Gasteiger partial charge in [-0.25, -0.2) is 0 Å². The molecule has 0 radical (unpaired) electrons. The maximum Gasteiger partial charge on any atom is 0.125 e. The number of hydrogen-bond donors (Lipinski definition) is 1. The molecular formula is C17H20ClNO2. The molecule has 0 unspecified atom stereocenters. The Bertz CT molecular complexity index is 587. The summed E-state index contributed by atoms with van der Waals surface area (Å²) in [6.07, 6.45) is 0. The molecule has 2 aromatic rings. The highest BCUT2D eigenvalue weighted by atomic mass is 35.5. The zero-order valence-electron chi connectivity index (χ0n) is 12.4. The predicted molar refractivity (Wildman–Crippen MR) is 86.2 cm³/mol. The van der Waals surface area contributed by atoms with E-state index in [2.05, 4.69) is 12.2 Å². The molecule has 1 N–H and O–H groups in total. The molecule has 0 aliphatic rings. The Kier molecular flexibility index (Phi) is 5.90. The van der Waals surface area contributed by atoms with Gasteiger partial charge in [-0.15, -0.1) is 0 Å². The van der Waals surface area contributed by atoms with Crippen LogP contribution in [0.4, 0.5) is 0 Å². The van der Waals surface area contributed by atoms with E-state index in [0.29, 0.717) is 11.6 Å². The van der Waals surface area contributed by atoms with E-state index in [1.807, 2.05) is 42.5 Å². The van der Waals surface area contributed by atoms with Crippen LogP contribution in [-0.2, 0) is 13.2 Å². The Hall–Kier alpha value is -1.71. The lowest BCUT2D eigenvalue weighted by Gasteiger charge is -2.14. The van der Waals surface area contributed by atoms with E-state index >= 15 is 0 Å². The van der Waals surface area contributed by atoms with Gasteiger partial charge in [0, 0.05) is 22.7 Å². The molecule has 3 nitrogen and oxygen atoms in total. The largest absolute Gasteiger partial charge is 0.496 e. The summed E-state index contributed by atoms with van der Waals surface area (Å²) in [5.41, 5.74) is 2.07. The van der Waals surface area contributed by atoms with E-state index in [4.69, 9.17) is 21.1 Å². The summed E-state index contributed by atoms with van der Waals surface area (Å²) in [5.74, 6) is 1.67. The number of ether oxygens (including phenoxy) is 2. The van der Waals surface area contributed by atoms with Crippen LogP contribution in [0, 0.1) is 0 Å². The lowest BCUT2D eigenvalue weighted by Crippen LogP contribution is -2.13. The molecule has 0 bridgehead atoms. The Morgan fingerprint density at radius 1 is 1.05 bits per heavy atom. The first-order chi connectivity index (χ1) is 10.2. The third-order valence-corrected chi connectivity index (χ3v) is 3.40. The first kappa shape index (κ1) is 15.7. The Morgan fingerprint density at radius 2 is 1.86 bits per heavy atom. The summed E-state index contributed by atoms with van der Waals surface area (Å²) in [5, 5.41) is 4.00. The summed E-state index contributed by atoms with van der Waals surface area (Å²) < 4.78 is 11.3. The molecule has 0 saturated carbocycles. The number of nitrogens with one attached hydrogen (secondary N) is 1. The van der Waals surface area contributed by atoms with Gasteiger partial charge in [0.25, 0.3) is 0 Å². The van der Waals surface area contributed by atoms with Gasteiger partial charge in [-0.2, -0.15) is 0 Å². The topological polar surface area (TPSA) is 30.5 Å². The van der Waals surface area contributed by atoms with Crippen molar-refractivity contribution < 1.29 is 9.47 Å². The van der Waals surface area contributed by atoms with Crippen LogP contribution in [0.15, 0.2) is 42.5 Å². The summed E-state index contributed by atoms with van der Waals surface area (Å²) in [7, 11) is 1.66. The highest BCUT2D eigenvalue weighted by molar-refractivity contribution is 6.30. The van der Waals surface area contributed by atoms with Crippen molar-refractivity contribution in [1.29, 1.82) is 0 Å². The molecule has 0 aliphatic carbocycles. The van der Waals surface area contributed by atoms with Crippen molar-refractivity contribution in [3.8, 4) is 11.5 Å². The molecule has 0 fully saturated rings. The highest BCUT2D eigenvalue weighted by Crippen LogP contribution is 2.25. The van der Waals surface area contributed by atoms with Gasteiger partial charge in [0.2, 0.25) is 0 Å². The molecule has 2 aromatic carbocycles. The molecule has 112 valence electrons. The fourth-order valence-corrected chi connectivity index (χ4v) is 2.26. The molecule has 21 heavy (non-hydrogen) atoms. The molecule has 0 heterocycles. The molecule has 0 aliphatic heterocycles. The number of para-hydroxylation sites is 1. The van der Waals surface area contributed by atoms with E-state index in [0.717, 1.165) is 35.7 Å². The van der Waals surface area contributed by atoms with E-state index in [-0.39, 0.29) is 0 Å². The monoisotopic (exact) mass is 305 g/mol.